The van der Waals surface area contributed by atoms with Crippen LogP contribution in [-0.2, 0) is 6.54 Å². The number of aromatic nitrogens is 1. The highest BCUT2D eigenvalue weighted by Crippen LogP contribution is 2.23. The maximum atomic E-state index is 11.0. The normalized spacial score (nSPS) is 11.1. The SMILES string of the molecule is COc1ccc(CN=Cc2cc(C)n(-c3cccc([N+](=O)[O-])c3)c2C)cc1. The lowest BCUT2D eigenvalue weighted by atomic mass is 10.2. The highest BCUT2D eigenvalue weighted by atomic mass is 16.6. The van der Waals surface area contributed by atoms with Crippen molar-refractivity contribution in [1.29, 1.82) is 0 Å². The van der Waals surface area contributed by atoms with E-state index in [0.29, 0.717) is 6.54 Å². The van der Waals surface area contributed by atoms with Crippen molar-refractivity contribution >= 4 is 11.9 Å². The van der Waals surface area contributed by atoms with Gasteiger partial charge in [0.05, 0.1) is 24.3 Å². The molecule has 0 radical (unpaired) electrons. The fourth-order valence-electron chi connectivity index (χ4n) is 3.04. The third-order valence-electron chi connectivity index (χ3n) is 4.43. The number of nitro benzene ring substituents is 1. The third-order valence-corrected chi connectivity index (χ3v) is 4.43. The van der Waals surface area contributed by atoms with E-state index in [1.165, 1.54) is 6.07 Å². The molecule has 0 saturated heterocycles. The summed E-state index contributed by atoms with van der Waals surface area (Å²) in [5, 5.41) is 11.0. The summed E-state index contributed by atoms with van der Waals surface area (Å²) in [5.41, 5.74) is 4.93. The molecule has 6 heteroatoms. The van der Waals surface area contributed by atoms with Gasteiger partial charge < -0.3 is 9.30 Å². The van der Waals surface area contributed by atoms with E-state index in [1.807, 2.05) is 61.0 Å². The van der Waals surface area contributed by atoms with Gasteiger partial charge in [0.1, 0.15) is 5.75 Å². The first kappa shape index (κ1) is 18.4. The molecule has 3 rings (SSSR count). The minimum absolute atomic E-state index is 0.0784. The number of aliphatic imine (C=N–C) groups is 1. The zero-order valence-corrected chi connectivity index (χ0v) is 15.5. The van der Waals surface area contributed by atoms with Crippen LogP contribution < -0.4 is 4.74 Å². The summed E-state index contributed by atoms with van der Waals surface area (Å²) < 4.78 is 7.16. The smallest absolute Gasteiger partial charge is 0.271 e. The lowest BCUT2D eigenvalue weighted by Gasteiger charge is -2.09. The molecule has 0 unspecified atom stereocenters. The molecule has 0 aliphatic carbocycles. The van der Waals surface area contributed by atoms with Crippen molar-refractivity contribution in [3.63, 3.8) is 0 Å². The molecule has 2 aromatic carbocycles. The highest BCUT2D eigenvalue weighted by Gasteiger charge is 2.12. The van der Waals surface area contributed by atoms with E-state index in [0.717, 1.165) is 34.0 Å². The third kappa shape index (κ3) is 4.06. The summed E-state index contributed by atoms with van der Waals surface area (Å²) in [5.74, 6) is 0.822. The van der Waals surface area contributed by atoms with Crippen LogP contribution in [0.5, 0.6) is 5.75 Å². The van der Waals surface area contributed by atoms with Crippen LogP contribution in [0.3, 0.4) is 0 Å². The zero-order chi connectivity index (χ0) is 19.4. The van der Waals surface area contributed by atoms with Crippen molar-refractivity contribution in [3.8, 4) is 11.4 Å². The first-order valence-corrected chi connectivity index (χ1v) is 8.56. The first-order valence-electron chi connectivity index (χ1n) is 8.56. The Labute approximate surface area is 157 Å². The minimum Gasteiger partial charge on any atom is -0.497 e. The number of ether oxygens (including phenoxy) is 1. The Balaban J connectivity index is 1.82. The van der Waals surface area contributed by atoms with E-state index >= 15 is 0 Å². The number of rotatable bonds is 6. The lowest BCUT2D eigenvalue weighted by molar-refractivity contribution is -0.384. The molecular weight excluding hydrogens is 342 g/mol. The van der Waals surface area contributed by atoms with Gasteiger partial charge in [-0.2, -0.15) is 0 Å². The van der Waals surface area contributed by atoms with Crippen LogP contribution in [0.1, 0.15) is 22.5 Å². The van der Waals surface area contributed by atoms with Gasteiger partial charge in [0.15, 0.2) is 0 Å². The van der Waals surface area contributed by atoms with Crippen molar-refractivity contribution in [2.24, 2.45) is 4.99 Å². The molecule has 0 bridgehead atoms. The van der Waals surface area contributed by atoms with Crippen molar-refractivity contribution in [2.45, 2.75) is 20.4 Å². The molecule has 0 aliphatic heterocycles. The van der Waals surface area contributed by atoms with Crippen molar-refractivity contribution < 1.29 is 9.66 Å². The van der Waals surface area contributed by atoms with Crippen LogP contribution in [0.15, 0.2) is 59.6 Å². The van der Waals surface area contributed by atoms with E-state index in [-0.39, 0.29) is 10.6 Å². The summed E-state index contributed by atoms with van der Waals surface area (Å²) in [4.78, 5) is 15.2. The monoisotopic (exact) mass is 363 g/mol. The second-order valence-corrected chi connectivity index (χ2v) is 6.26. The van der Waals surface area contributed by atoms with Gasteiger partial charge in [-0.25, -0.2) is 0 Å². The van der Waals surface area contributed by atoms with Crippen molar-refractivity contribution in [2.75, 3.05) is 7.11 Å². The fraction of sp³-hybridized carbons (Fsp3) is 0.190. The van der Waals surface area contributed by atoms with Crippen LogP contribution in [-0.4, -0.2) is 22.8 Å². The summed E-state index contributed by atoms with van der Waals surface area (Å²) in [7, 11) is 1.64. The summed E-state index contributed by atoms with van der Waals surface area (Å²) in [6.07, 6.45) is 1.85. The van der Waals surface area contributed by atoms with Gasteiger partial charge in [0.2, 0.25) is 0 Å². The van der Waals surface area contributed by atoms with Gasteiger partial charge in [-0.15, -0.1) is 0 Å². The number of methoxy groups -OCH3 is 1. The van der Waals surface area contributed by atoms with Crippen LogP contribution in [0.2, 0.25) is 0 Å². The number of hydrogen-bond acceptors (Lipinski definition) is 4. The minimum atomic E-state index is -0.380. The van der Waals surface area contributed by atoms with Crippen LogP contribution in [0.4, 0.5) is 5.69 Å². The van der Waals surface area contributed by atoms with E-state index in [4.69, 9.17) is 4.74 Å². The second-order valence-electron chi connectivity index (χ2n) is 6.26. The standard InChI is InChI=1S/C21H21N3O3/c1-15-11-18(14-22-13-17-7-9-21(27-3)10-8-17)16(2)23(15)19-5-4-6-20(12-19)24(25)26/h4-12,14H,13H2,1-3H3. The molecule has 138 valence electrons. The van der Waals surface area contributed by atoms with Crippen LogP contribution in [0.25, 0.3) is 5.69 Å². The Bertz CT molecular complexity index is 988. The van der Waals surface area contributed by atoms with Crippen LogP contribution >= 0.6 is 0 Å². The van der Waals surface area contributed by atoms with E-state index in [2.05, 4.69) is 4.99 Å². The Morgan fingerprint density at radius 3 is 2.56 bits per heavy atom. The quantitative estimate of drug-likeness (QED) is 0.364. The predicted octanol–water partition coefficient (Wildman–Crippen LogP) is 4.63. The summed E-state index contributed by atoms with van der Waals surface area (Å²) in [6.45, 7) is 4.54. The molecule has 0 spiro atoms. The molecule has 0 fully saturated rings. The van der Waals surface area contributed by atoms with Gasteiger partial charge in [-0.1, -0.05) is 18.2 Å². The van der Waals surface area contributed by atoms with Gasteiger partial charge >= 0.3 is 0 Å². The molecule has 3 aromatic rings. The molecule has 6 nitrogen and oxygen atoms in total. The maximum absolute atomic E-state index is 11.0. The summed E-state index contributed by atoms with van der Waals surface area (Å²) in [6, 6.07) is 16.5. The lowest BCUT2D eigenvalue weighted by Crippen LogP contribution is -2.00. The average molecular weight is 363 g/mol. The Morgan fingerprint density at radius 2 is 1.89 bits per heavy atom. The van der Waals surface area contributed by atoms with E-state index < -0.39 is 0 Å². The van der Waals surface area contributed by atoms with Crippen molar-refractivity contribution in [1.82, 2.24) is 4.57 Å². The van der Waals surface area contributed by atoms with Crippen molar-refractivity contribution in [3.05, 3.63) is 87.2 Å². The molecule has 0 amide bonds. The predicted molar refractivity (Wildman–Crippen MR) is 106 cm³/mol. The largest absolute Gasteiger partial charge is 0.497 e. The van der Waals surface area contributed by atoms with Crippen LogP contribution in [0, 0.1) is 24.0 Å². The molecule has 27 heavy (non-hydrogen) atoms. The number of aryl methyl sites for hydroxylation is 1. The number of nitro groups is 1. The molecule has 1 aromatic heterocycles. The van der Waals surface area contributed by atoms with Gasteiger partial charge in [0, 0.05) is 35.3 Å². The van der Waals surface area contributed by atoms with Gasteiger partial charge in [-0.3, -0.25) is 15.1 Å². The van der Waals surface area contributed by atoms with E-state index in [1.54, 1.807) is 19.2 Å². The van der Waals surface area contributed by atoms with Gasteiger partial charge in [0.25, 0.3) is 5.69 Å². The number of hydrogen-bond donors (Lipinski definition) is 0. The molecule has 0 saturated carbocycles. The molecular formula is C21H21N3O3. The maximum Gasteiger partial charge on any atom is 0.271 e. The first-order chi connectivity index (χ1) is 13.0. The highest BCUT2D eigenvalue weighted by molar-refractivity contribution is 5.82. The fourth-order valence-corrected chi connectivity index (χ4v) is 3.04. The molecule has 0 N–H and O–H groups in total. The number of non-ortho nitro benzene ring substituents is 1. The number of nitrogens with zero attached hydrogens (tertiary/aromatic N) is 3. The summed E-state index contributed by atoms with van der Waals surface area (Å²) >= 11 is 0. The van der Waals surface area contributed by atoms with E-state index in [9.17, 15) is 10.1 Å². The Kier molecular flexibility index (Phi) is 5.35. The Hall–Kier alpha value is -3.41. The number of benzene rings is 2. The molecule has 0 atom stereocenters. The molecule has 1 heterocycles. The molecule has 0 aliphatic rings. The average Bonchev–Trinajstić information content (AvgIpc) is 2.96. The topological polar surface area (TPSA) is 69.7 Å². The Morgan fingerprint density at radius 1 is 1.15 bits per heavy atom. The van der Waals surface area contributed by atoms with Gasteiger partial charge in [-0.05, 0) is 43.7 Å². The second kappa shape index (κ2) is 7.86. The zero-order valence-electron chi connectivity index (χ0n) is 15.5.